The molecular formula is C23H23N5O. The second kappa shape index (κ2) is 8.14. The highest BCUT2D eigenvalue weighted by Gasteiger charge is 2.23. The number of aromatic nitrogens is 4. The van der Waals surface area contributed by atoms with Gasteiger partial charge in [-0.1, -0.05) is 42.5 Å². The summed E-state index contributed by atoms with van der Waals surface area (Å²) in [5, 5.41) is 3.08. The van der Waals surface area contributed by atoms with Crippen LogP contribution in [0.4, 0.5) is 5.69 Å². The molecule has 1 atom stereocenters. The molecule has 0 aliphatic carbocycles. The SMILES string of the molecule is Cc1nccn1Cc1cccc(NC(=O)[C@@H](c2ccccc2)n2ccnc2C)c1. The summed E-state index contributed by atoms with van der Waals surface area (Å²) in [5.41, 5.74) is 2.78. The molecule has 6 nitrogen and oxygen atoms in total. The van der Waals surface area contributed by atoms with Gasteiger partial charge >= 0.3 is 0 Å². The summed E-state index contributed by atoms with van der Waals surface area (Å²) in [6.45, 7) is 4.58. The minimum Gasteiger partial charge on any atom is -0.331 e. The summed E-state index contributed by atoms with van der Waals surface area (Å²) in [4.78, 5) is 21.8. The van der Waals surface area contributed by atoms with Crippen LogP contribution < -0.4 is 5.32 Å². The Morgan fingerprint density at radius 2 is 1.72 bits per heavy atom. The van der Waals surface area contributed by atoms with Crippen molar-refractivity contribution in [1.29, 1.82) is 0 Å². The molecule has 1 amide bonds. The van der Waals surface area contributed by atoms with Gasteiger partial charge in [-0.3, -0.25) is 4.79 Å². The Kier molecular flexibility index (Phi) is 5.24. The van der Waals surface area contributed by atoms with Crippen molar-refractivity contribution < 1.29 is 4.79 Å². The van der Waals surface area contributed by atoms with E-state index < -0.39 is 6.04 Å². The maximum atomic E-state index is 13.3. The lowest BCUT2D eigenvalue weighted by Crippen LogP contribution is -2.27. The van der Waals surface area contributed by atoms with E-state index in [2.05, 4.69) is 19.9 Å². The van der Waals surface area contributed by atoms with Gasteiger partial charge in [0.2, 0.25) is 0 Å². The van der Waals surface area contributed by atoms with Gasteiger partial charge in [0.05, 0.1) is 0 Å². The van der Waals surface area contributed by atoms with Crippen molar-refractivity contribution in [2.24, 2.45) is 0 Å². The van der Waals surface area contributed by atoms with Crippen LogP contribution in [0, 0.1) is 13.8 Å². The van der Waals surface area contributed by atoms with E-state index in [0.717, 1.165) is 28.5 Å². The van der Waals surface area contributed by atoms with E-state index in [9.17, 15) is 4.79 Å². The number of aryl methyl sites for hydroxylation is 2. The van der Waals surface area contributed by atoms with Crippen LogP contribution >= 0.6 is 0 Å². The number of nitrogens with one attached hydrogen (secondary N) is 1. The van der Waals surface area contributed by atoms with Gasteiger partial charge in [0, 0.05) is 37.0 Å². The van der Waals surface area contributed by atoms with Crippen molar-refractivity contribution in [3.05, 3.63) is 102 Å². The fourth-order valence-corrected chi connectivity index (χ4v) is 3.46. The summed E-state index contributed by atoms with van der Waals surface area (Å²) in [6, 6.07) is 17.2. The van der Waals surface area contributed by atoms with Crippen molar-refractivity contribution in [3.8, 4) is 0 Å². The molecule has 6 heteroatoms. The number of carbonyl (C=O) groups is 1. The third-order valence-electron chi connectivity index (χ3n) is 4.98. The van der Waals surface area contributed by atoms with Crippen molar-refractivity contribution in [1.82, 2.24) is 19.1 Å². The van der Waals surface area contributed by atoms with Crippen molar-refractivity contribution in [2.45, 2.75) is 26.4 Å². The highest BCUT2D eigenvalue weighted by Crippen LogP contribution is 2.22. The van der Waals surface area contributed by atoms with E-state index in [4.69, 9.17) is 0 Å². The highest BCUT2D eigenvalue weighted by molar-refractivity contribution is 5.96. The van der Waals surface area contributed by atoms with Crippen LogP contribution in [0.1, 0.15) is 28.8 Å². The lowest BCUT2D eigenvalue weighted by Gasteiger charge is -2.20. The summed E-state index contributed by atoms with van der Waals surface area (Å²) in [5.74, 6) is 1.64. The highest BCUT2D eigenvalue weighted by atomic mass is 16.2. The lowest BCUT2D eigenvalue weighted by molar-refractivity contribution is -0.118. The second-order valence-electron chi connectivity index (χ2n) is 6.99. The van der Waals surface area contributed by atoms with Crippen LogP contribution in [0.25, 0.3) is 0 Å². The molecule has 0 spiro atoms. The molecule has 0 bridgehead atoms. The molecular weight excluding hydrogens is 362 g/mol. The Balaban J connectivity index is 1.59. The normalized spacial score (nSPS) is 11.9. The van der Waals surface area contributed by atoms with Crippen LogP contribution in [-0.4, -0.2) is 25.0 Å². The van der Waals surface area contributed by atoms with Gasteiger partial charge in [-0.05, 0) is 37.1 Å². The zero-order chi connectivity index (χ0) is 20.2. The van der Waals surface area contributed by atoms with Crippen molar-refractivity contribution >= 4 is 11.6 Å². The molecule has 2 heterocycles. The number of hydrogen-bond donors (Lipinski definition) is 1. The van der Waals surface area contributed by atoms with E-state index in [1.807, 2.05) is 85.4 Å². The predicted molar refractivity (Wildman–Crippen MR) is 113 cm³/mol. The molecule has 0 unspecified atom stereocenters. The number of rotatable bonds is 6. The first kappa shape index (κ1) is 18.7. The molecule has 0 aliphatic heterocycles. The molecule has 29 heavy (non-hydrogen) atoms. The maximum Gasteiger partial charge on any atom is 0.252 e. The fraction of sp³-hybridized carbons (Fsp3) is 0.174. The zero-order valence-electron chi connectivity index (χ0n) is 16.5. The third kappa shape index (κ3) is 4.11. The van der Waals surface area contributed by atoms with Crippen LogP contribution in [0.3, 0.4) is 0 Å². The number of hydrogen-bond acceptors (Lipinski definition) is 3. The van der Waals surface area contributed by atoms with Gasteiger partial charge < -0.3 is 14.5 Å². The molecule has 0 aliphatic rings. The number of nitrogens with zero attached hydrogens (tertiary/aromatic N) is 4. The Morgan fingerprint density at radius 3 is 2.41 bits per heavy atom. The Morgan fingerprint density at radius 1 is 0.966 bits per heavy atom. The zero-order valence-corrected chi connectivity index (χ0v) is 16.5. The first-order valence-electron chi connectivity index (χ1n) is 9.54. The van der Waals surface area contributed by atoms with Crippen molar-refractivity contribution in [3.63, 3.8) is 0 Å². The molecule has 4 rings (SSSR count). The number of imidazole rings is 2. The van der Waals surface area contributed by atoms with Gasteiger partial charge in [0.1, 0.15) is 17.7 Å². The number of carbonyl (C=O) groups excluding carboxylic acids is 1. The quantitative estimate of drug-likeness (QED) is 0.546. The summed E-state index contributed by atoms with van der Waals surface area (Å²) in [7, 11) is 0. The minimum absolute atomic E-state index is 0.103. The third-order valence-corrected chi connectivity index (χ3v) is 4.98. The van der Waals surface area contributed by atoms with Crippen LogP contribution in [0.5, 0.6) is 0 Å². The number of anilines is 1. The number of benzene rings is 2. The molecule has 4 aromatic rings. The average Bonchev–Trinajstić information content (AvgIpc) is 3.32. The van der Waals surface area contributed by atoms with Gasteiger partial charge in [-0.15, -0.1) is 0 Å². The van der Waals surface area contributed by atoms with E-state index in [-0.39, 0.29) is 5.91 Å². The topological polar surface area (TPSA) is 64.7 Å². The van der Waals surface area contributed by atoms with Crippen LogP contribution in [0.2, 0.25) is 0 Å². The maximum absolute atomic E-state index is 13.3. The summed E-state index contributed by atoms with van der Waals surface area (Å²) < 4.78 is 3.96. The average molecular weight is 385 g/mol. The Labute approximate surface area is 169 Å². The standard InChI is InChI=1S/C23H23N5O/c1-17-24-11-13-27(17)16-19-7-6-10-21(15-19)26-23(29)22(20-8-4-3-5-9-20)28-14-12-25-18(28)2/h3-15,22H,16H2,1-2H3,(H,26,29)/t22-/m1/s1. The molecule has 0 radical (unpaired) electrons. The fourth-order valence-electron chi connectivity index (χ4n) is 3.46. The molecule has 146 valence electrons. The molecule has 0 saturated heterocycles. The largest absolute Gasteiger partial charge is 0.331 e. The molecule has 0 saturated carbocycles. The van der Waals surface area contributed by atoms with Gasteiger partial charge in [-0.2, -0.15) is 0 Å². The summed E-state index contributed by atoms with van der Waals surface area (Å²) >= 11 is 0. The monoisotopic (exact) mass is 385 g/mol. The second-order valence-corrected chi connectivity index (χ2v) is 6.99. The van der Waals surface area contributed by atoms with Gasteiger partial charge in [-0.25, -0.2) is 9.97 Å². The lowest BCUT2D eigenvalue weighted by atomic mass is 10.1. The van der Waals surface area contributed by atoms with E-state index in [0.29, 0.717) is 6.54 Å². The van der Waals surface area contributed by atoms with E-state index in [1.165, 1.54) is 0 Å². The Bertz CT molecular complexity index is 1110. The van der Waals surface area contributed by atoms with Crippen molar-refractivity contribution in [2.75, 3.05) is 5.32 Å². The first-order chi connectivity index (χ1) is 14.1. The first-order valence-corrected chi connectivity index (χ1v) is 9.54. The minimum atomic E-state index is -0.488. The molecule has 2 aromatic carbocycles. The molecule has 0 fully saturated rings. The van der Waals surface area contributed by atoms with E-state index in [1.54, 1.807) is 12.4 Å². The van der Waals surface area contributed by atoms with E-state index >= 15 is 0 Å². The van der Waals surface area contributed by atoms with Gasteiger partial charge in [0.15, 0.2) is 0 Å². The number of amides is 1. The summed E-state index contributed by atoms with van der Waals surface area (Å²) in [6.07, 6.45) is 7.30. The predicted octanol–water partition coefficient (Wildman–Crippen LogP) is 3.97. The smallest absolute Gasteiger partial charge is 0.252 e. The molecule has 1 N–H and O–H groups in total. The van der Waals surface area contributed by atoms with Gasteiger partial charge in [0.25, 0.3) is 5.91 Å². The molecule has 2 aromatic heterocycles. The van der Waals surface area contributed by atoms with Crippen LogP contribution in [0.15, 0.2) is 79.4 Å². The Hall–Kier alpha value is -3.67. The van der Waals surface area contributed by atoms with Crippen LogP contribution in [-0.2, 0) is 11.3 Å².